The first kappa shape index (κ1) is 13.8. The van der Waals surface area contributed by atoms with Gasteiger partial charge in [-0.3, -0.25) is 14.4 Å². The lowest BCUT2D eigenvalue weighted by atomic mass is 9.85. The summed E-state index contributed by atoms with van der Waals surface area (Å²) >= 11 is 5.99. The van der Waals surface area contributed by atoms with Crippen molar-refractivity contribution in [2.75, 3.05) is 4.90 Å². The Morgan fingerprint density at radius 3 is 2.19 bits per heavy atom. The molecule has 108 valence electrons. The molecule has 1 aliphatic heterocycles. The van der Waals surface area contributed by atoms with E-state index in [4.69, 9.17) is 17.3 Å². The molecular weight excluding hydrogens is 292 g/mol. The maximum absolute atomic E-state index is 12.4. The number of carbonyl (C=O) groups excluding carboxylic acids is 3. The first-order valence-corrected chi connectivity index (χ1v) is 7.00. The molecule has 1 aromatic carbocycles. The van der Waals surface area contributed by atoms with E-state index in [1.165, 1.54) is 23.1 Å². The summed E-state index contributed by atoms with van der Waals surface area (Å²) in [5.41, 5.74) is 5.74. The van der Waals surface area contributed by atoms with Gasteiger partial charge in [-0.1, -0.05) is 23.8 Å². The Balaban J connectivity index is 1.98. The van der Waals surface area contributed by atoms with Gasteiger partial charge >= 0.3 is 0 Å². The quantitative estimate of drug-likeness (QED) is 0.669. The third-order valence-corrected chi connectivity index (χ3v) is 4.30. The molecular formula is C15H13ClN2O3. The number of fused-ring (bicyclic) bond motifs is 1. The van der Waals surface area contributed by atoms with Gasteiger partial charge in [0.1, 0.15) is 0 Å². The Morgan fingerprint density at radius 2 is 1.71 bits per heavy atom. The van der Waals surface area contributed by atoms with Crippen LogP contribution in [0.1, 0.15) is 23.2 Å². The van der Waals surface area contributed by atoms with Crippen molar-refractivity contribution in [1.82, 2.24) is 0 Å². The van der Waals surface area contributed by atoms with Crippen molar-refractivity contribution < 1.29 is 14.4 Å². The molecule has 0 radical (unpaired) electrons. The fourth-order valence-corrected chi connectivity index (χ4v) is 3.17. The van der Waals surface area contributed by atoms with E-state index in [2.05, 4.69) is 0 Å². The van der Waals surface area contributed by atoms with E-state index in [-0.39, 0.29) is 34.2 Å². The highest BCUT2D eigenvalue weighted by Gasteiger charge is 2.47. The minimum Gasteiger partial charge on any atom is -0.366 e. The van der Waals surface area contributed by atoms with Crippen LogP contribution in [0.5, 0.6) is 0 Å². The standard InChI is InChI=1S/C15H13ClN2O3/c16-12-7-8(5-6-11(12)13(17)19)18-14(20)9-3-1-2-4-10(9)15(18)21/h1-2,5-7,9-10H,3-4H2,(H2,17,19)/t9-,10-/m0/s1. The number of allylic oxidation sites excluding steroid dienone is 2. The molecule has 2 aliphatic rings. The zero-order valence-electron chi connectivity index (χ0n) is 11.1. The molecule has 1 aliphatic carbocycles. The molecule has 2 atom stereocenters. The molecule has 2 N–H and O–H groups in total. The van der Waals surface area contributed by atoms with E-state index in [0.717, 1.165) is 0 Å². The van der Waals surface area contributed by atoms with Crippen LogP contribution < -0.4 is 10.6 Å². The molecule has 1 aromatic rings. The van der Waals surface area contributed by atoms with Gasteiger partial charge in [0, 0.05) is 0 Å². The maximum Gasteiger partial charge on any atom is 0.250 e. The summed E-state index contributed by atoms with van der Waals surface area (Å²) in [7, 11) is 0. The minimum atomic E-state index is -0.650. The maximum atomic E-state index is 12.4. The predicted octanol–water partition coefficient (Wildman–Crippen LogP) is 1.89. The number of nitrogens with zero attached hydrogens (tertiary/aromatic N) is 1. The van der Waals surface area contributed by atoms with Crippen LogP contribution in [0, 0.1) is 11.8 Å². The molecule has 0 bridgehead atoms. The zero-order valence-corrected chi connectivity index (χ0v) is 11.8. The van der Waals surface area contributed by atoms with Crippen molar-refractivity contribution in [3.8, 4) is 0 Å². The van der Waals surface area contributed by atoms with Crippen LogP contribution in [0.15, 0.2) is 30.4 Å². The lowest BCUT2D eigenvalue weighted by Gasteiger charge is -2.15. The molecule has 6 heteroatoms. The summed E-state index contributed by atoms with van der Waals surface area (Å²) in [5.74, 6) is -1.66. The van der Waals surface area contributed by atoms with E-state index < -0.39 is 5.91 Å². The number of hydrogen-bond acceptors (Lipinski definition) is 3. The van der Waals surface area contributed by atoms with Gasteiger partial charge in [-0.2, -0.15) is 0 Å². The van der Waals surface area contributed by atoms with Crippen LogP contribution in [0.25, 0.3) is 0 Å². The van der Waals surface area contributed by atoms with Gasteiger partial charge in [-0.25, -0.2) is 4.90 Å². The van der Waals surface area contributed by atoms with Gasteiger partial charge in [0.2, 0.25) is 17.7 Å². The van der Waals surface area contributed by atoms with Gasteiger partial charge in [0.15, 0.2) is 0 Å². The Labute approximate surface area is 126 Å². The van der Waals surface area contributed by atoms with Crippen molar-refractivity contribution in [3.63, 3.8) is 0 Å². The molecule has 0 unspecified atom stereocenters. The number of halogens is 1. The molecule has 1 fully saturated rings. The Kier molecular flexibility index (Phi) is 3.29. The second kappa shape index (κ2) is 5.00. The van der Waals surface area contributed by atoms with E-state index in [0.29, 0.717) is 18.5 Å². The third kappa shape index (κ3) is 2.14. The summed E-state index contributed by atoms with van der Waals surface area (Å²) in [6.07, 6.45) is 5.02. The summed E-state index contributed by atoms with van der Waals surface area (Å²) in [6.45, 7) is 0. The minimum absolute atomic E-state index is 0.133. The number of carbonyl (C=O) groups is 3. The lowest BCUT2D eigenvalue weighted by Crippen LogP contribution is -2.31. The normalized spacial score (nSPS) is 24.3. The number of rotatable bonds is 2. The van der Waals surface area contributed by atoms with Gasteiger partial charge in [0.25, 0.3) is 0 Å². The Bertz CT molecular complexity index is 657. The van der Waals surface area contributed by atoms with E-state index >= 15 is 0 Å². The fourth-order valence-electron chi connectivity index (χ4n) is 2.90. The van der Waals surface area contributed by atoms with Crippen LogP contribution in [-0.4, -0.2) is 17.7 Å². The highest BCUT2D eigenvalue weighted by Crippen LogP contribution is 2.38. The monoisotopic (exact) mass is 304 g/mol. The van der Waals surface area contributed by atoms with Crippen molar-refractivity contribution >= 4 is 35.0 Å². The van der Waals surface area contributed by atoms with Gasteiger partial charge in [-0.05, 0) is 31.0 Å². The molecule has 0 saturated carbocycles. The molecule has 21 heavy (non-hydrogen) atoms. The predicted molar refractivity (Wildman–Crippen MR) is 77.8 cm³/mol. The first-order chi connectivity index (χ1) is 10.0. The number of primary amides is 1. The number of amides is 3. The van der Waals surface area contributed by atoms with Gasteiger partial charge in [-0.15, -0.1) is 0 Å². The summed E-state index contributed by atoms with van der Waals surface area (Å²) < 4.78 is 0. The molecule has 1 saturated heterocycles. The second-order valence-electron chi connectivity index (χ2n) is 5.20. The molecule has 5 nitrogen and oxygen atoms in total. The van der Waals surface area contributed by atoms with Crippen molar-refractivity contribution in [3.05, 3.63) is 40.9 Å². The topological polar surface area (TPSA) is 80.5 Å². The lowest BCUT2D eigenvalue weighted by molar-refractivity contribution is -0.122. The van der Waals surface area contributed by atoms with Gasteiger partial charge < -0.3 is 5.73 Å². The average molecular weight is 305 g/mol. The van der Waals surface area contributed by atoms with Crippen molar-refractivity contribution in [2.45, 2.75) is 12.8 Å². The average Bonchev–Trinajstić information content (AvgIpc) is 2.71. The van der Waals surface area contributed by atoms with E-state index in [1.54, 1.807) is 0 Å². The molecule has 1 heterocycles. The number of imide groups is 1. The molecule has 0 aromatic heterocycles. The number of hydrogen-bond donors (Lipinski definition) is 1. The first-order valence-electron chi connectivity index (χ1n) is 6.63. The number of benzene rings is 1. The van der Waals surface area contributed by atoms with Gasteiger partial charge in [0.05, 0.1) is 28.1 Å². The number of nitrogens with two attached hydrogens (primary N) is 1. The zero-order chi connectivity index (χ0) is 15.1. The molecule has 0 spiro atoms. The Morgan fingerprint density at radius 1 is 1.14 bits per heavy atom. The molecule has 3 amide bonds. The highest BCUT2D eigenvalue weighted by atomic mass is 35.5. The van der Waals surface area contributed by atoms with Crippen LogP contribution in [0.2, 0.25) is 5.02 Å². The van der Waals surface area contributed by atoms with E-state index in [1.807, 2.05) is 12.2 Å². The van der Waals surface area contributed by atoms with Crippen molar-refractivity contribution in [1.29, 1.82) is 0 Å². The summed E-state index contributed by atoms with van der Waals surface area (Å²) in [5, 5.41) is 0.133. The summed E-state index contributed by atoms with van der Waals surface area (Å²) in [6, 6.07) is 4.38. The smallest absolute Gasteiger partial charge is 0.250 e. The van der Waals surface area contributed by atoms with Crippen LogP contribution in [0.3, 0.4) is 0 Å². The van der Waals surface area contributed by atoms with Crippen LogP contribution in [-0.2, 0) is 9.59 Å². The largest absolute Gasteiger partial charge is 0.366 e. The highest BCUT2D eigenvalue weighted by molar-refractivity contribution is 6.34. The van der Waals surface area contributed by atoms with Crippen LogP contribution >= 0.6 is 11.6 Å². The fraction of sp³-hybridized carbons (Fsp3) is 0.267. The van der Waals surface area contributed by atoms with Crippen LogP contribution in [0.4, 0.5) is 5.69 Å². The third-order valence-electron chi connectivity index (χ3n) is 3.98. The van der Waals surface area contributed by atoms with Crippen molar-refractivity contribution in [2.24, 2.45) is 17.6 Å². The Hall–Kier alpha value is -2.14. The van der Waals surface area contributed by atoms with E-state index in [9.17, 15) is 14.4 Å². The number of anilines is 1. The molecule has 3 rings (SSSR count). The second-order valence-corrected chi connectivity index (χ2v) is 5.60. The SMILES string of the molecule is NC(=O)c1ccc(N2C(=O)[C@H]3CC=CC[C@@H]3C2=O)cc1Cl. The summed E-state index contributed by atoms with van der Waals surface area (Å²) in [4.78, 5) is 37.2.